The van der Waals surface area contributed by atoms with Crippen LogP contribution in [0.5, 0.6) is 0 Å². The maximum absolute atomic E-state index is 7.57. The predicted octanol–water partition coefficient (Wildman–Crippen LogP) is 1.13. The summed E-state index contributed by atoms with van der Waals surface area (Å²) in [5.41, 5.74) is 7.86. The van der Waals surface area contributed by atoms with E-state index in [1.54, 1.807) is 6.92 Å². The first-order valence-electron chi connectivity index (χ1n) is 8.87. The maximum atomic E-state index is 7.57. The predicted molar refractivity (Wildman–Crippen MR) is 117 cm³/mol. The number of nitrogens with one attached hydrogen (secondary N) is 2. The van der Waals surface area contributed by atoms with Gasteiger partial charge in [-0.2, -0.15) is 0 Å². The van der Waals surface area contributed by atoms with Gasteiger partial charge in [0.1, 0.15) is 0 Å². The topological polar surface area (TPSA) is 168 Å². The number of nitrogens with zero attached hydrogens (tertiary/aromatic N) is 2. The van der Waals surface area contributed by atoms with Crippen LogP contribution in [0.2, 0.25) is 0 Å². The van der Waals surface area contributed by atoms with Gasteiger partial charge in [-0.05, 0) is 79.8 Å². The van der Waals surface area contributed by atoms with Gasteiger partial charge < -0.3 is 31.5 Å². The van der Waals surface area contributed by atoms with E-state index in [4.69, 9.17) is 5.11 Å². The third kappa shape index (κ3) is 8.14. The Hall–Kier alpha value is -2.04. The summed E-state index contributed by atoms with van der Waals surface area (Å²) in [6.45, 7) is 1.93. The summed E-state index contributed by atoms with van der Waals surface area (Å²) in [7, 11) is 0. The number of hydrogen-bond donors (Lipinski definition) is 3. The Labute approximate surface area is 218 Å². The quantitative estimate of drug-likeness (QED) is 0.277. The van der Waals surface area contributed by atoms with Gasteiger partial charge in [-0.3, -0.25) is 0 Å². The molecule has 2 aliphatic rings. The van der Waals surface area contributed by atoms with Gasteiger partial charge in [0, 0.05) is 28.7 Å². The normalized spacial score (nSPS) is 10.1. The van der Waals surface area contributed by atoms with Crippen LogP contribution in [-0.4, -0.2) is 48.1 Å². The average molecular weight is 486 g/mol. The van der Waals surface area contributed by atoms with Crippen molar-refractivity contribution in [3.8, 4) is 0 Å². The summed E-state index contributed by atoms with van der Waals surface area (Å²) >= 11 is 0. The number of aliphatic hydroxyl groups is 1. The molecule has 164 valence electrons. The molecule has 0 aliphatic carbocycles. The van der Waals surface area contributed by atoms with Crippen LogP contribution < -0.4 is 29.6 Å². The minimum Gasteiger partial charge on any atom is -0.870 e. The number of H-pyrrole nitrogens is 2. The molecule has 0 saturated carbocycles. The molecule has 0 radical (unpaired) electrons. The summed E-state index contributed by atoms with van der Waals surface area (Å²) < 4.78 is 0. The Bertz CT molecular complexity index is 1030. The molecule has 3 aromatic rings. The first-order valence-corrected chi connectivity index (χ1v) is 8.87. The summed E-state index contributed by atoms with van der Waals surface area (Å²) in [5.74, 6) is 0. The zero-order chi connectivity index (χ0) is 18.6. The zero-order valence-corrected chi connectivity index (χ0v) is 20.8. The summed E-state index contributed by atoms with van der Waals surface area (Å²) in [6, 6.07) is 16.4. The Morgan fingerprint density at radius 2 is 0.844 bits per heavy atom. The third-order valence-corrected chi connectivity index (χ3v) is 4.04. The van der Waals surface area contributed by atoms with E-state index in [0.717, 1.165) is 44.8 Å². The van der Waals surface area contributed by atoms with Crippen molar-refractivity contribution in [2.24, 2.45) is 0 Å². The molecule has 0 spiro atoms. The van der Waals surface area contributed by atoms with Crippen molar-refractivity contribution in [1.29, 1.82) is 0 Å². The molecule has 5 heterocycles. The van der Waals surface area contributed by atoms with Crippen LogP contribution in [-0.2, 0) is 17.1 Å². The van der Waals surface area contributed by atoms with Gasteiger partial charge in [-0.1, -0.05) is 0 Å². The van der Waals surface area contributed by atoms with Crippen LogP contribution in [0, 0.1) is 0 Å². The van der Waals surface area contributed by atoms with Gasteiger partial charge in [-0.15, -0.1) is 0 Å². The SMILES string of the molecule is C1=Cc2cc3ccc(cc4nc(cc5ccc(cc1n2)[nH]5)C=C4)[nH]3.CCO.[Fe+2].[Na+].[OH-].[OH-].[OH-]. The van der Waals surface area contributed by atoms with Crippen LogP contribution in [0.25, 0.3) is 46.4 Å². The second-order valence-electron chi connectivity index (χ2n) is 6.22. The molecule has 2 aliphatic heterocycles. The fraction of sp³-hybridized carbons (Fsp3) is 0.0909. The number of hydrogen-bond acceptors (Lipinski definition) is 6. The third-order valence-electron chi connectivity index (χ3n) is 4.04. The standard InChI is InChI=1S/C20H14N4.C2H6O.Fe.Na.3H2O/c1-2-14-10-16-5-6-18(23-16)12-20-8-7-19(24-20)11-17-4-3-15(22-17)9-13(1)21-14;1-2-3;;;;;/h1-12,21,24H;3H,2H2,1H3;;;3*1H2/q;;+2;+1;;;/p-3. The van der Waals surface area contributed by atoms with Gasteiger partial charge in [0.2, 0.25) is 0 Å². The van der Waals surface area contributed by atoms with E-state index in [-0.39, 0.29) is 69.7 Å². The second kappa shape index (κ2) is 14.9. The molecular weight excluding hydrogens is 463 g/mol. The largest absolute Gasteiger partial charge is 2.00 e. The van der Waals surface area contributed by atoms with Gasteiger partial charge in [0.25, 0.3) is 0 Å². The molecule has 0 atom stereocenters. The first-order chi connectivity index (χ1) is 13.2. The van der Waals surface area contributed by atoms with Crippen molar-refractivity contribution >= 4 is 46.4 Å². The molecule has 5 rings (SSSR count). The molecule has 0 unspecified atom stereocenters. The average Bonchev–Trinajstić information content (AvgIpc) is 3.41. The fourth-order valence-corrected chi connectivity index (χ4v) is 2.94. The minimum atomic E-state index is 0. The zero-order valence-electron chi connectivity index (χ0n) is 17.7. The molecule has 6 N–H and O–H groups in total. The smallest absolute Gasteiger partial charge is 0.870 e. The van der Waals surface area contributed by atoms with Crippen LogP contribution in [0.15, 0.2) is 48.5 Å². The van der Waals surface area contributed by atoms with Crippen molar-refractivity contribution in [2.75, 3.05) is 6.61 Å². The Balaban J connectivity index is 0. The summed E-state index contributed by atoms with van der Waals surface area (Å²) in [4.78, 5) is 16.0. The number of fused-ring (bicyclic) bond motifs is 8. The molecule has 0 aromatic carbocycles. The Morgan fingerprint density at radius 1 is 0.625 bits per heavy atom. The molecule has 3 aromatic heterocycles. The summed E-state index contributed by atoms with van der Waals surface area (Å²) in [6.07, 6.45) is 8.09. The monoisotopic (exact) mass is 486 g/mol. The van der Waals surface area contributed by atoms with Crippen molar-refractivity contribution in [3.05, 3.63) is 71.3 Å². The van der Waals surface area contributed by atoms with E-state index in [2.05, 4.69) is 44.2 Å². The van der Waals surface area contributed by atoms with E-state index in [1.807, 2.05) is 48.6 Å². The van der Waals surface area contributed by atoms with Gasteiger partial charge in [-0.25, -0.2) is 9.97 Å². The molecule has 8 bridgehead atoms. The first kappa shape index (κ1) is 32.1. The fourth-order valence-electron chi connectivity index (χ4n) is 2.94. The van der Waals surface area contributed by atoms with Crippen molar-refractivity contribution in [2.45, 2.75) is 6.92 Å². The molecule has 0 saturated heterocycles. The number of aromatic amines is 2. The number of aliphatic hydroxyl groups excluding tert-OH is 1. The molecule has 8 nitrogen and oxygen atoms in total. The minimum absolute atomic E-state index is 0. The molecule has 0 fully saturated rings. The molecular formula is C22H23FeN4NaO4. The summed E-state index contributed by atoms with van der Waals surface area (Å²) in [5, 5.41) is 7.57. The Morgan fingerprint density at radius 3 is 1.06 bits per heavy atom. The Kier molecular flexibility index (Phi) is 15.0. The second-order valence-corrected chi connectivity index (χ2v) is 6.22. The molecule has 0 amide bonds. The maximum Gasteiger partial charge on any atom is 2.00 e. The van der Waals surface area contributed by atoms with Gasteiger partial charge >= 0.3 is 46.6 Å². The molecule has 32 heavy (non-hydrogen) atoms. The van der Waals surface area contributed by atoms with Crippen molar-refractivity contribution in [3.63, 3.8) is 0 Å². The van der Waals surface area contributed by atoms with Crippen LogP contribution in [0.1, 0.15) is 29.7 Å². The number of rotatable bonds is 0. The van der Waals surface area contributed by atoms with Crippen LogP contribution in [0.4, 0.5) is 0 Å². The van der Waals surface area contributed by atoms with E-state index >= 15 is 0 Å². The number of aromatic nitrogens is 4. The van der Waals surface area contributed by atoms with Crippen LogP contribution in [0.3, 0.4) is 0 Å². The van der Waals surface area contributed by atoms with E-state index in [0.29, 0.717) is 0 Å². The van der Waals surface area contributed by atoms with Gasteiger partial charge in [0.15, 0.2) is 0 Å². The molecule has 10 heteroatoms. The van der Waals surface area contributed by atoms with E-state index in [9.17, 15) is 0 Å². The van der Waals surface area contributed by atoms with Crippen LogP contribution >= 0.6 is 0 Å². The van der Waals surface area contributed by atoms with E-state index in [1.165, 1.54) is 0 Å². The van der Waals surface area contributed by atoms with Crippen molar-refractivity contribution < 1.29 is 68.2 Å². The van der Waals surface area contributed by atoms with Crippen molar-refractivity contribution in [1.82, 2.24) is 19.9 Å². The van der Waals surface area contributed by atoms with E-state index < -0.39 is 0 Å². The van der Waals surface area contributed by atoms with Gasteiger partial charge in [0.05, 0.1) is 22.8 Å².